The first-order chi connectivity index (χ1) is 10.7. The van der Waals surface area contributed by atoms with Crippen molar-refractivity contribution in [2.24, 2.45) is 11.8 Å². The summed E-state index contributed by atoms with van der Waals surface area (Å²) in [5.41, 5.74) is 0. The van der Waals surface area contributed by atoms with E-state index in [1.807, 2.05) is 4.90 Å². The van der Waals surface area contributed by atoms with Crippen molar-refractivity contribution in [3.63, 3.8) is 0 Å². The van der Waals surface area contributed by atoms with Gasteiger partial charge in [0.15, 0.2) is 0 Å². The second kappa shape index (κ2) is 6.99. The first-order valence-electron chi connectivity index (χ1n) is 8.71. The molecule has 0 N–H and O–H groups in total. The second-order valence-corrected chi connectivity index (χ2v) is 6.91. The average Bonchev–Trinajstić information content (AvgIpc) is 3.40. The summed E-state index contributed by atoms with van der Waals surface area (Å²) in [6.45, 7) is 1.40. The van der Waals surface area contributed by atoms with Gasteiger partial charge in [0.25, 0.3) is 0 Å². The molecule has 1 amide bonds. The van der Waals surface area contributed by atoms with Gasteiger partial charge in [0.05, 0.1) is 12.0 Å². The number of esters is 1. The Morgan fingerprint density at radius 1 is 0.864 bits per heavy atom. The highest BCUT2D eigenvalue weighted by atomic mass is 16.6. The van der Waals surface area contributed by atoms with Crippen LogP contribution in [0.1, 0.15) is 51.4 Å². The van der Waals surface area contributed by atoms with Crippen molar-refractivity contribution in [2.45, 2.75) is 63.6 Å². The number of rotatable bonds is 4. The molecular formula is C17H27NO4. The molecule has 124 valence electrons. The topological polar surface area (TPSA) is 55.8 Å². The summed E-state index contributed by atoms with van der Waals surface area (Å²) in [5, 5.41) is 0. The fourth-order valence-corrected chi connectivity index (χ4v) is 3.64. The van der Waals surface area contributed by atoms with Gasteiger partial charge in [-0.05, 0) is 44.9 Å². The van der Waals surface area contributed by atoms with Crippen LogP contribution in [0.2, 0.25) is 0 Å². The van der Waals surface area contributed by atoms with E-state index in [0.717, 1.165) is 51.4 Å². The molecule has 3 rings (SSSR count). The van der Waals surface area contributed by atoms with Crippen LogP contribution in [-0.2, 0) is 19.1 Å². The number of hydrogen-bond acceptors (Lipinski definition) is 4. The summed E-state index contributed by atoms with van der Waals surface area (Å²) in [6.07, 6.45) is 7.66. The fourth-order valence-electron chi connectivity index (χ4n) is 3.64. The molecular weight excluding hydrogens is 282 g/mol. The highest BCUT2D eigenvalue weighted by Crippen LogP contribution is 2.33. The molecule has 5 nitrogen and oxygen atoms in total. The Morgan fingerprint density at radius 2 is 1.50 bits per heavy atom. The zero-order valence-corrected chi connectivity index (χ0v) is 13.5. The van der Waals surface area contributed by atoms with Crippen LogP contribution in [0.25, 0.3) is 0 Å². The van der Waals surface area contributed by atoms with Gasteiger partial charge < -0.3 is 14.4 Å². The van der Waals surface area contributed by atoms with E-state index in [2.05, 4.69) is 0 Å². The van der Waals surface area contributed by atoms with E-state index in [4.69, 9.17) is 9.47 Å². The predicted molar refractivity (Wildman–Crippen MR) is 81.2 cm³/mol. The lowest BCUT2D eigenvalue weighted by molar-refractivity contribution is -0.166. The fraction of sp³-hybridized carbons (Fsp3) is 0.882. The molecule has 1 aliphatic heterocycles. The molecule has 3 aliphatic rings. The lowest BCUT2D eigenvalue weighted by Crippen LogP contribution is -2.43. The van der Waals surface area contributed by atoms with Gasteiger partial charge in [-0.2, -0.15) is 0 Å². The molecule has 2 saturated carbocycles. The largest absolute Gasteiger partial charge is 0.459 e. The normalized spacial score (nSPS) is 30.1. The van der Waals surface area contributed by atoms with Crippen molar-refractivity contribution in [3.05, 3.63) is 0 Å². The monoisotopic (exact) mass is 309 g/mol. The van der Waals surface area contributed by atoms with Gasteiger partial charge in [0.1, 0.15) is 6.10 Å². The number of carbonyl (C=O) groups is 2. The SMILES string of the molecule is CO[C@H]1CCCC[C@H]1OC(=O)C1CCN(C(=O)C2CC2)CC1. The number of ether oxygens (including phenoxy) is 2. The van der Waals surface area contributed by atoms with Crippen LogP contribution in [0, 0.1) is 11.8 Å². The van der Waals surface area contributed by atoms with Gasteiger partial charge in [-0.25, -0.2) is 0 Å². The lowest BCUT2D eigenvalue weighted by Gasteiger charge is -2.34. The van der Waals surface area contributed by atoms with Crippen molar-refractivity contribution < 1.29 is 19.1 Å². The Labute approximate surface area is 132 Å². The van der Waals surface area contributed by atoms with Crippen molar-refractivity contribution in [1.82, 2.24) is 4.90 Å². The van der Waals surface area contributed by atoms with Crippen LogP contribution < -0.4 is 0 Å². The number of piperidine rings is 1. The minimum atomic E-state index is -0.0903. The predicted octanol–water partition coefficient (Wildman–Crippen LogP) is 2.14. The van der Waals surface area contributed by atoms with Crippen molar-refractivity contribution >= 4 is 11.9 Å². The number of nitrogens with zero attached hydrogens (tertiary/aromatic N) is 1. The minimum Gasteiger partial charge on any atom is -0.459 e. The van der Waals surface area contributed by atoms with Crippen LogP contribution >= 0.6 is 0 Å². The number of amides is 1. The maximum atomic E-state index is 12.4. The molecule has 22 heavy (non-hydrogen) atoms. The average molecular weight is 309 g/mol. The Hall–Kier alpha value is -1.10. The Bertz CT molecular complexity index is 413. The van der Waals surface area contributed by atoms with E-state index in [0.29, 0.717) is 19.0 Å². The molecule has 0 spiro atoms. The molecule has 0 unspecified atom stereocenters. The van der Waals surface area contributed by atoms with Gasteiger partial charge in [-0.1, -0.05) is 6.42 Å². The standard InChI is InChI=1S/C17H27NO4/c1-21-14-4-2-3-5-15(14)22-17(20)13-8-10-18(11-9-13)16(19)12-6-7-12/h12-15H,2-11H2,1H3/t14-,15+/m0/s1. The zero-order valence-electron chi connectivity index (χ0n) is 13.5. The molecule has 0 aromatic heterocycles. The Morgan fingerprint density at radius 3 is 2.09 bits per heavy atom. The number of likely N-dealkylation sites (tertiary alicyclic amines) is 1. The maximum Gasteiger partial charge on any atom is 0.309 e. The van der Waals surface area contributed by atoms with E-state index in [1.54, 1.807) is 7.11 Å². The number of carbonyl (C=O) groups excluding carboxylic acids is 2. The van der Waals surface area contributed by atoms with Gasteiger partial charge in [-0.3, -0.25) is 9.59 Å². The first-order valence-corrected chi connectivity index (χ1v) is 8.71. The van der Waals surface area contributed by atoms with Crippen molar-refractivity contribution in [2.75, 3.05) is 20.2 Å². The molecule has 0 bridgehead atoms. The van der Waals surface area contributed by atoms with Crippen LogP contribution in [0.3, 0.4) is 0 Å². The van der Waals surface area contributed by atoms with Gasteiger partial charge in [-0.15, -0.1) is 0 Å². The highest BCUT2D eigenvalue weighted by molar-refractivity contribution is 5.81. The number of hydrogen-bond donors (Lipinski definition) is 0. The third-order valence-corrected chi connectivity index (χ3v) is 5.28. The van der Waals surface area contributed by atoms with E-state index < -0.39 is 0 Å². The molecule has 3 fully saturated rings. The molecule has 0 radical (unpaired) electrons. The first kappa shape index (κ1) is 15.8. The molecule has 2 aliphatic carbocycles. The van der Waals surface area contributed by atoms with Crippen molar-refractivity contribution in [1.29, 1.82) is 0 Å². The van der Waals surface area contributed by atoms with Crippen LogP contribution in [0.4, 0.5) is 0 Å². The number of methoxy groups -OCH3 is 1. The minimum absolute atomic E-state index is 0.0502. The van der Waals surface area contributed by atoms with E-state index in [-0.39, 0.29) is 30.0 Å². The summed E-state index contributed by atoms with van der Waals surface area (Å²) in [7, 11) is 1.69. The quantitative estimate of drug-likeness (QED) is 0.747. The Kier molecular flexibility index (Phi) is 5.01. The summed E-state index contributed by atoms with van der Waals surface area (Å²) < 4.78 is 11.2. The van der Waals surface area contributed by atoms with Gasteiger partial charge in [0, 0.05) is 26.1 Å². The maximum absolute atomic E-state index is 12.4. The third-order valence-electron chi connectivity index (χ3n) is 5.28. The molecule has 2 atom stereocenters. The van der Waals surface area contributed by atoms with Crippen LogP contribution in [0.5, 0.6) is 0 Å². The van der Waals surface area contributed by atoms with E-state index >= 15 is 0 Å². The summed E-state index contributed by atoms with van der Waals surface area (Å²) in [5.74, 6) is 0.418. The zero-order chi connectivity index (χ0) is 15.5. The molecule has 1 saturated heterocycles. The Balaban J connectivity index is 1.46. The molecule has 0 aromatic rings. The summed E-state index contributed by atoms with van der Waals surface area (Å²) >= 11 is 0. The second-order valence-electron chi connectivity index (χ2n) is 6.91. The molecule has 5 heteroatoms. The molecule has 1 heterocycles. The van der Waals surface area contributed by atoms with Crippen LogP contribution in [0.15, 0.2) is 0 Å². The summed E-state index contributed by atoms with van der Waals surface area (Å²) in [6, 6.07) is 0. The van der Waals surface area contributed by atoms with Crippen molar-refractivity contribution in [3.8, 4) is 0 Å². The summed E-state index contributed by atoms with van der Waals surface area (Å²) in [4.78, 5) is 26.3. The van der Waals surface area contributed by atoms with E-state index in [1.165, 1.54) is 0 Å². The highest BCUT2D eigenvalue weighted by Gasteiger charge is 2.37. The van der Waals surface area contributed by atoms with Gasteiger partial charge in [0.2, 0.25) is 5.91 Å². The van der Waals surface area contributed by atoms with E-state index in [9.17, 15) is 9.59 Å². The molecule has 0 aromatic carbocycles. The lowest BCUT2D eigenvalue weighted by atomic mass is 9.93. The van der Waals surface area contributed by atoms with Crippen LogP contribution in [-0.4, -0.2) is 49.2 Å². The van der Waals surface area contributed by atoms with Gasteiger partial charge >= 0.3 is 5.97 Å². The smallest absolute Gasteiger partial charge is 0.309 e. The third kappa shape index (κ3) is 3.62.